The molecule has 32 heavy (non-hydrogen) atoms. The van der Waals surface area contributed by atoms with E-state index in [1.54, 1.807) is 17.7 Å². The van der Waals surface area contributed by atoms with Gasteiger partial charge in [-0.25, -0.2) is 9.97 Å². The molecule has 1 saturated carbocycles. The Hall–Kier alpha value is -2.29. The molecule has 1 aliphatic carbocycles. The molecule has 3 aromatic rings. The number of aryl methyl sites for hydroxylation is 1. The number of hydrogen-bond donors (Lipinski definition) is 0. The van der Waals surface area contributed by atoms with Gasteiger partial charge in [0, 0.05) is 69.0 Å². The Morgan fingerprint density at radius 1 is 1.09 bits per heavy atom. The standard InChI is InChI=1S/C24H30N6OS/c1-17-3-2-4-21(26-17)28-12-9-27(10-13-28)11-14-30-16-25-23-22(24(30)31)19-7-8-29(18-5-6-18)15-20(19)32-23/h2-4,16,18H,5-15H2,1H3. The first-order valence-corrected chi connectivity index (χ1v) is 12.6. The largest absolute Gasteiger partial charge is 0.354 e. The van der Waals surface area contributed by atoms with E-state index >= 15 is 0 Å². The molecule has 2 aliphatic heterocycles. The van der Waals surface area contributed by atoms with Gasteiger partial charge in [0.25, 0.3) is 5.56 Å². The van der Waals surface area contributed by atoms with Crippen LogP contribution in [0.4, 0.5) is 5.82 Å². The highest BCUT2D eigenvalue weighted by atomic mass is 32.1. The Balaban J connectivity index is 1.12. The van der Waals surface area contributed by atoms with Crippen molar-refractivity contribution >= 4 is 27.4 Å². The van der Waals surface area contributed by atoms with Gasteiger partial charge in [-0.2, -0.15) is 0 Å². The van der Waals surface area contributed by atoms with E-state index < -0.39 is 0 Å². The number of piperazine rings is 1. The van der Waals surface area contributed by atoms with Gasteiger partial charge in [0.1, 0.15) is 10.6 Å². The molecule has 0 N–H and O–H groups in total. The molecule has 3 aromatic heterocycles. The third-order valence-electron chi connectivity index (χ3n) is 7.15. The van der Waals surface area contributed by atoms with E-state index in [-0.39, 0.29) is 5.56 Å². The fourth-order valence-electron chi connectivity index (χ4n) is 5.10. The van der Waals surface area contributed by atoms with E-state index in [2.05, 4.69) is 36.8 Å². The van der Waals surface area contributed by atoms with E-state index in [0.29, 0.717) is 6.54 Å². The Morgan fingerprint density at radius 2 is 1.94 bits per heavy atom. The van der Waals surface area contributed by atoms with Gasteiger partial charge in [-0.3, -0.25) is 19.2 Å². The first-order valence-electron chi connectivity index (χ1n) is 11.8. The fraction of sp³-hybridized carbons (Fsp3) is 0.542. The Bertz CT molecular complexity index is 1190. The third-order valence-corrected chi connectivity index (χ3v) is 8.27. The summed E-state index contributed by atoms with van der Waals surface area (Å²) in [6.07, 6.45) is 5.42. The van der Waals surface area contributed by atoms with Crippen LogP contribution in [0.5, 0.6) is 0 Å². The molecule has 1 saturated heterocycles. The van der Waals surface area contributed by atoms with Crippen LogP contribution in [0.2, 0.25) is 0 Å². The van der Waals surface area contributed by atoms with Crippen LogP contribution in [0, 0.1) is 6.92 Å². The zero-order valence-corrected chi connectivity index (χ0v) is 19.5. The zero-order valence-electron chi connectivity index (χ0n) is 18.7. The summed E-state index contributed by atoms with van der Waals surface area (Å²) < 4.78 is 1.83. The molecule has 0 atom stereocenters. The van der Waals surface area contributed by atoms with Gasteiger partial charge < -0.3 is 4.90 Å². The lowest BCUT2D eigenvalue weighted by Gasteiger charge is -2.35. The summed E-state index contributed by atoms with van der Waals surface area (Å²) in [5.41, 5.74) is 2.48. The summed E-state index contributed by atoms with van der Waals surface area (Å²) in [5.74, 6) is 1.07. The second kappa shape index (κ2) is 8.24. The molecule has 3 aliphatic rings. The second-order valence-electron chi connectivity index (χ2n) is 9.34. The van der Waals surface area contributed by atoms with Gasteiger partial charge in [-0.05, 0) is 43.9 Å². The van der Waals surface area contributed by atoms with Crippen LogP contribution in [0.25, 0.3) is 10.2 Å². The Morgan fingerprint density at radius 3 is 2.72 bits per heavy atom. The quantitative estimate of drug-likeness (QED) is 0.595. The van der Waals surface area contributed by atoms with Gasteiger partial charge in [0.05, 0.1) is 11.7 Å². The zero-order chi connectivity index (χ0) is 21.7. The molecule has 5 heterocycles. The number of hydrogen-bond acceptors (Lipinski definition) is 7. The van der Waals surface area contributed by atoms with Crippen LogP contribution in [0.1, 0.15) is 29.0 Å². The van der Waals surface area contributed by atoms with Crippen LogP contribution >= 0.6 is 11.3 Å². The predicted octanol–water partition coefficient (Wildman–Crippen LogP) is 2.50. The Labute approximate surface area is 192 Å². The van der Waals surface area contributed by atoms with Crippen molar-refractivity contribution in [1.29, 1.82) is 0 Å². The van der Waals surface area contributed by atoms with Crippen LogP contribution in [0.3, 0.4) is 0 Å². The topological polar surface area (TPSA) is 57.5 Å². The van der Waals surface area contributed by atoms with Crippen molar-refractivity contribution in [2.24, 2.45) is 0 Å². The molecule has 8 heteroatoms. The minimum absolute atomic E-state index is 0.148. The number of pyridine rings is 1. The lowest BCUT2D eigenvalue weighted by molar-refractivity contribution is 0.246. The summed E-state index contributed by atoms with van der Waals surface area (Å²) in [6, 6.07) is 6.98. The van der Waals surface area contributed by atoms with Crippen molar-refractivity contribution in [3.63, 3.8) is 0 Å². The van der Waals surface area contributed by atoms with Crippen molar-refractivity contribution in [2.75, 3.05) is 44.2 Å². The lowest BCUT2D eigenvalue weighted by atomic mass is 10.1. The predicted molar refractivity (Wildman–Crippen MR) is 129 cm³/mol. The Kier molecular flexibility index (Phi) is 5.24. The highest BCUT2D eigenvalue weighted by Gasteiger charge is 2.33. The molecule has 0 radical (unpaired) electrons. The van der Waals surface area contributed by atoms with Crippen molar-refractivity contribution < 1.29 is 0 Å². The fourth-order valence-corrected chi connectivity index (χ4v) is 6.31. The maximum absolute atomic E-state index is 13.3. The monoisotopic (exact) mass is 450 g/mol. The first-order chi connectivity index (χ1) is 15.7. The maximum atomic E-state index is 13.3. The number of fused-ring (bicyclic) bond motifs is 3. The van der Waals surface area contributed by atoms with E-state index in [1.807, 2.05) is 17.6 Å². The summed E-state index contributed by atoms with van der Waals surface area (Å²) in [5, 5.41) is 0.887. The van der Waals surface area contributed by atoms with E-state index in [4.69, 9.17) is 0 Å². The van der Waals surface area contributed by atoms with Gasteiger partial charge in [-0.15, -0.1) is 11.3 Å². The SMILES string of the molecule is Cc1cccc(N2CCN(CCn3cnc4sc5c(c4c3=O)CCN(C3CC3)C5)CC2)n1. The molecule has 6 rings (SSSR count). The van der Waals surface area contributed by atoms with Crippen LogP contribution in [-0.2, 0) is 19.5 Å². The third kappa shape index (κ3) is 3.84. The maximum Gasteiger partial charge on any atom is 0.262 e. The van der Waals surface area contributed by atoms with Gasteiger partial charge >= 0.3 is 0 Å². The number of anilines is 1. The highest BCUT2D eigenvalue weighted by molar-refractivity contribution is 7.18. The molecular formula is C24H30N6OS. The van der Waals surface area contributed by atoms with Crippen LogP contribution in [0.15, 0.2) is 29.3 Å². The summed E-state index contributed by atoms with van der Waals surface area (Å²) in [4.78, 5) is 32.3. The molecule has 0 spiro atoms. The molecule has 0 unspecified atom stereocenters. The van der Waals surface area contributed by atoms with Gasteiger partial charge in [-0.1, -0.05) is 6.07 Å². The molecule has 0 aromatic carbocycles. The van der Waals surface area contributed by atoms with Gasteiger partial charge in [0.2, 0.25) is 0 Å². The van der Waals surface area contributed by atoms with Crippen molar-refractivity contribution in [2.45, 2.75) is 45.3 Å². The normalized spacial score (nSPS) is 20.1. The molecule has 7 nitrogen and oxygen atoms in total. The number of thiophene rings is 1. The number of aromatic nitrogens is 3. The van der Waals surface area contributed by atoms with Gasteiger partial charge in [0.15, 0.2) is 0 Å². The number of rotatable bonds is 5. The molecule has 0 bridgehead atoms. The minimum Gasteiger partial charge on any atom is -0.354 e. The summed E-state index contributed by atoms with van der Waals surface area (Å²) >= 11 is 1.73. The number of nitrogens with zero attached hydrogens (tertiary/aromatic N) is 6. The minimum atomic E-state index is 0.148. The second-order valence-corrected chi connectivity index (χ2v) is 10.4. The molecular weight excluding hydrogens is 420 g/mol. The van der Waals surface area contributed by atoms with Crippen molar-refractivity contribution in [3.8, 4) is 0 Å². The molecule has 2 fully saturated rings. The average Bonchev–Trinajstić information content (AvgIpc) is 3.59. The summed E-state index contributed by atoms with van der Waals surface area (Å²) in [7, 11) is 0. The average molecular weight is 451 g/mol. The lowest BCUT2D eigenvalue weighted by Crippen LogP contribution is -2.47. The highest BCUT2D eigenvalue weighted by Crippen LogP contribution is 2.36. The van der Waals surface area contributed by atoms with E-state index in [0.717, 1.165) is 80.0 Å². The van der Waals surface area contributed by atoms with Crippen LogP contribution < -0.4 is 10.5 Å². The van der Waals surface area contributed by atoms with Crippen molar-refractivity contribution in [3.05, 3.63) is 51.0 Å². The molecule has 0 amide bonds. The molecule has 168 valence electrons. The van der Waals surface area contributed by atoms with Crippen LogP contribution in [-0.4, -0.2) is 69.6 Å². The smallest absolute Gasteiger partial charge is 0.262 e. The first kappa shape index (κ1) is 20.3. The van der Waals surface area contributed by atoms with E-state index in [1.165, 1.54) is 23.3 Å². The summed E-state index contributed by atoms with van der Waals surface area (Å²) in [6.45, 7) is 9.62. The van der Waals surface area contributed by atoms with Crippen molar-refractivity contribution in [1.82, 2.24) is 24.3 Å². The van der Waals surface area contributed by atoms with E-state index in [9.17, 15) is 4.79 Å².